The Balaban J connectivity index is 1.67. The topological polar surface area (TPSA) is 134 Å². The third kappa shape index (κ3) is 4.64. The van der Waals surface area contributed by atoms with Crippen molar-refractivity contribution in [1.82, 2.24) is 20.0 Å². The third-order valence-corrected chi connectivity index (χ3v) is 6.08. The minimum atomic E-state index is -4.15. The van der Waals surface area contributed by atoms with Gasteiger partial charge in [0.15, 0.2) is 5.69 Å². The number of carbonyl (C=O) groups is 1. The lowest BCUT2D eigenvalue weighted by Gasteiger charge is -2.12. The van der Waals surface area contributed by atoms with Crippen LogP contribution >= 0.6 is 0 Å². The number of carbonyl (C=O) groups excluding carboxylic acids is 1. The fourth-order valence-electron chi connectivity index (χ4n) is 3.23. The van der Waals surface area contributed by atoms with E-state index >= 15 is 0 Å². The van der Waals surface area contributed by atoms with Crippen molar-refractivity contribution in [2.75, 3.05) is 0 Å². The fourth-order valence-corrected chi connectivity index (χ4v) is 4.12. The van der Waals surface area contributed by atoms with E-state index < -0.39 is 15.9 Å². The molecule has 1 amide bonds. The largest absolute Gasteiger partial charge is 0.287 e. The molecule has 3 aromatic carbocycles. The van der Waals surface area contributed by atoms with Gasteiger partial charge in [0.25, 0.3) is 21.5 Å². The molecule has 4 rings (SSSR count). The zero-order valence-electron chi connectivity index (χ0n) is 17.1. The molecule has 0 aliphatic heterocycles. The summed E-state index contributed by atoms with van der Waals surface area (Å²) < 4.78 is 26.3. The van der Waals surface area contributed by atoms with Crippen LogP contribution in [0.2, 0.25) is 0 Å². The Bertz CT molecular complexity index is 1560. The summed E-state index contributed by atoms with van der Waals surface area (Å²) in [5, 5.41) is 13.8. The van der Waals surface area contributed by atoms with Crippen molar-refractivity contribution in [2.45, 2.75) is 11.4 Å². The Morgan fingerprint density at radius 2 is 1.67 bits per heavy atom. The van der Waals surface area contributed by atoms with Crippen LogP contribution < -0.4 is 15.8 Å². The van der Waals surface area contributed by atoms with E-state index in [1.54, 1.807) is 24.3 Å². The Morgan fingerprint density at radius 1 is 0.970 bits per heavy atom. The van der Waals surface area contributed by atoms with E-state index in [2.05, 4.69) is 10.5 Å². The number of amides is 1. The van der Waals surface area contributed by atoms with Gasteiger partial charge >= 0.3 is 0 Å². The van der Waals surface area contributed by atoms with Gasteiger partial charge < -0.3 is 0 Å². The van der Waals surface area contributed by atoms with Crippen LogP contribution in [0.3, 0.4) is 0 Å². The highest BCUT2D eigenvalue weighted by molar-refractivity contribution is 7.89. The van der Waals surface area contributed by atoms with E-state index in [-0.39, 0.29) is 39.0 Å². The van der Waals surface area contributed by atoms with E-state index in [1.807, 2.05) is 41.2 Å². The molecule has 164 valence electrons. The second-order valence-electron chi connectivity index (χ2n) is 7.04. The smallest absolute Gasteiger partial charge is 0.272 e. The monoisotopic (exact) mass is 459 g/mol. The standard InChI is InChI=1S/C23H17N5O4S/c24-14-17-9-6-10-18(13-17)33(31,32)27-25-22(29)21-19-11-4-5-12-20(19)23(30)28(26-21)15-16-7-2-1-3-8-16/h1-13,27H,15H2,(H,25,29). The zero-order valence-corrected chi connectivity index (χ0v) is 17.9. The van der Waals surface area contributed by atoms with Crippen molar-refractivity contribution in [2.24, 2.45) is 0 Å². The maximum Gasteiger partial charge on any atom is 0.287 e. The Morgan fingerprint density at radius 3 is 2.39 bits per heavy atom. The molecule has 0 bridgehead atoms. The lowest BCUT2D eigenvalue weighted by molar-refractivity contribution is 0.0939. The summed E-state index contributed by atoms with van der Waals surface area (Å²) in [6, 6.07) is 22.8. The Kier molecular flexibility index (Phi) is 5.99. The molecule has 4 aromatic rings. The Labute approximate surface area is 188 Å². The van der Waals surface area contributed by atoms with Crippen LogP contribution in [0.4, 0.5) is 0 Å². The second kappa shape index (κ2) is 9.04. The van der Waals surface area contributed by atoms with Crippen molar-refractivity contribution in [1.29, 1.82) is 5.26 Å². The summed E-state index contributed by atoms with van der Waals surface area (Å²) in [4.78, 5) is 27.6. The molecule has 33 heavy (non-hydrogen) atoms. The second-order valence-corrected chi connectivity index (χ2v) is 8.72. The first-order valence-corrected chi connectivity index (χ1v) is 11.2. The average molecular weight is 459 g/mol. The molecular weight excluding hydrogens is 442 g/mol. The number of nitrogens with one attached hydrogen (secondary N) is 2. The maximum atomic E-state index is 12.9. The number of sulfonamides is 1. The lowest BCUT2D eigenvalue weighted by Crippen LogP contribution is -2.42. The van der Waals surface area contributed by atoms with Gasteiger partial charge in [0.2, 0.25) is 0 Å². The summed E-state index contributed by atoms with van der Waals surface area (Å²) in [7, 11) is -4.15. The number of hydrogen-bond donors (Lipinski definition) is 2. The van der Waals surface area contributed by atoms with Gasteiger partial charge in [-0.25, -0.2) is 13.1 Å². The van der Waals surface area contributed by atoms with Crippen LogP contribution in [-0.4, -0.2) is 24.1 Å². The average Bonchev–Trinajstić information content (AvgIpc) is 2.85. The number of fused-ring (bicyclic) bond motifs is 1. The zero-order chi connectivity index (χ0) is 23.4. The van der Waals surface area contributed by atoms with E-state index in [9.17, 15) is 18.0 Å². The summed E-state index contributed by atoms with van der Waals surface area (Å²) in [5.41, 5.74) is 2.62. The van der Waals surface area contributed by atoms with Gasteiger partial charge in [-0.3, -0.25) is 15.0 Å². The number of rotatable bonds is 6. The predicted octanol–water partition coefficient (Wildman–Crippen LogP) is 1.94. The molecule has 0 saturated carbocycles. The molecule has 2 N–H and O–H groups in total. The van der Waals surface area contributed by atoms with Crippen molar-refractivity contribution in [3.8, 4) is 6.07 Å². The quantitative estimate of drug-likeness (QED) is 0.423. The molecule has 0 atom stereocenters. The molecular formula is C23H17N5O4S. The molecule has 0 radical (unpaired) electrons. The van der Waals surface area contributed by atoms with Gasteiger partial charge in [-0.1, -0.05) is 54.6 Å². The van der Waals surface area contributed by atoms with E-state index in [0.717, 1.165) is 10.2 Å². The van der Waals surface area contributed by atoms with Crippen molar-refractivity contribution in [3.05, 3.63) is 106 Å². The third-order valence-electron chi connectivity index (χ3n) is 4.83. The molecule has 9 nitrogen and oxygen atoms in total. The number of nitriles is 1. The van der Waals surface area contributed by atoms with Crippen molar-refractivity contribution >= 4 is 26.7 Å². The number of nitrogens with zero attached hydrogens (tertiary/aromatic N) is 3. The highest BCUT2D eigenvalue weighted by Crippen LogP contribution is 2.14. The summed E-state index contributed by atoms with van der Waals surface area (Å²) in [6.45, 7) is 0.136. The number of hydrogen-bond acceptors (Lipinski definition) is 6. The first-order chi connectivity index (χ1) is 15.9. The highest BCUT2D eigenvalue weighted by Gasteiger charge is 2.20. The normalized spacial score (nSPS) is 11.1. The first kappa shape index (κ1) is 21.9. The molecule has 0 unspecified atom stereocenters. The van der Waals surface area contributed by atoms with E-state index in [0.29, 0.717) is 0 Å². The van der Waals surface area contributed by atoms with Gasteiger partial charge in [0.05, 0.1) is 28.5 Å². The summed E-state index contributed by atoms with van der Waals surface area (Å²) in [5.74, 6) is -0.840. The maximum absolute atomic E-state index is 12.9. The van der Waals surface area contributed by atoms with Crippen LogP contribution in [-0.2, 0) is 16.6 Å². The predicted molar refractivity (Wildman–Crippen MR) is 120 cm³/mol. The molecule has 0 spiro atoms. The van der Waals surface area contributed by atoms with E-state index in [4.69, 9.17) is 5.26 Å². The minimum absolute atomic E-state index is 0.116. The molecule has 0 saturated heterocycles. The number of benzene rings is 3. The minimum Gasteiger partial charge on any atom is -0.272 e. The Hall–Kier alpha value is -4.33. The van der Waals surface area contributed by atoms with Crippen LogP contribution in [0.1, 0.15) is 21.6 Å². The molecule has 0 aliphatic carbocycles. The molecule has 1 heterocycles. The fraction of sp³-hybridized carbons (Fsp3) is 0.0435. The van der Waals surface area contributed by atoms with E-state index in [1.165, 1.54) is 24.3 Å². The number of hydrazine groups is 1. The van der Waals surface area contributed by atoms with Gasteiger partial charge in [0, 0.05) is 5.39 Å². The summed E-state index contributed by atoms with van der Waals surface area (Å²) >= 11 is 0. The van der Waals surface area contributed by atoms with Gasteiger partial charge in [0.1, 0.15) is 0 Å². The van der Waals surface area contributed by atoms with Crippen LogP contribution in [0.5, 0.6) is 0 Å². The van der Waals surface area contributed by atoms with Gasteiger partial charge in [-0.15, -0.1) is 4.83 Å². The molecule has 0 fully saturated rings. The highest BCUT2D eigenvalue weighted by atomic mass is 32.2. The lowest BCUT2D eigenvalue weighted by atomic mass is 10.1. The molecule has 0 aliphatic rings. The van der Waals surface area contributed by atoms with Crippen molar-refractivity contribution < 1.29 is 13.2 Å². The van der Waals surface area contributed by atoms with Gasteiger partial charge in [-0.05, 0) is 29.8 Å². The van der Waals surface area contributed by atoms with Gasteiger partial charge in [-0.2, -0.15) is 10.4 Å². The van der Waals surface area contributed by atoms with Crippen LogP contribution in [0.25, 0.3) is 10.8 Å². The molecule has 1 aromatic heterocycles. The van der Waals surface area contributed by atoms with Crippen LogP contribution in [0.15, 0.2) is 88.6 Å². The number of aromatic nitrogens is 2. The van der Waals surface area contributed by atoms with Crippen LogP contribution in [0, 0.1) is 11.3 Å². The summed E-state index contributed by atoms with van der Waals surface area (Å²) in [6.07, 6.45) is 0. The SMILES string of the molecule is N#Cc1cccc(S(=O)(=O)NNC(=O)c2nn(Cc3ccccc3)c(=O)c3ccccc23)c1. The van der Waals surface area contributed by atoms with Crippen molar-refractivity contribution in [3.63, 3.8) is 0 Å². The molecule has 10 heteroatoms. The first-order valence-electron chi connectivity index (χ1n) is 9.75.